The highest BCUT2D eigenvalue weighted by atomic mass is 14.9. The lowest BCUT2D eigenvalue weighted by atomic mass is 9.85. The highest BCUT2D eigenvalue weighted by molar-refractivity contribution is 6.25. The van der Waals surface area contributed by atoms with E-state index in [4.69, 9.17) is 9.97 Å². The van der Waals surface area contributed by atoms with E-state index in [-0.39, 0.29) is 0 Å². The summed E-state index contributed by atoms with van der Waals surface area (Å²) in [4.78, 5) is 19.3. The van der Waals surface area contributed by atoms with Gasteiger partial charge in [-0.2, -0.15) is 0 Å². The van der Waals surface area contributed by atoms with Crippen LogP contribution in [0.4, 0.5) is 0 Å². The summed E-state index contributed by atoms with van der Waals surface area (Å²) in [5.74, 6) is 0.667. The van der Waals surface area contributed by atoms with E-state index in [9.17, 15) is 0 Å². The van der Waals surface area contributed by atoms with E-state index >= 15 is 0 Å². The van der Waals surface area contributed by atoms with E-state index < -0.39 is 0 Å². The van der Waals surface area contributed by atoms with Crippen LogP contribution < -0.4 is 0 Å². The molecule has 0 aliphatic carbocycles. The van der Waals surface area contributed by atoms with Gasteiger partial charge in [0.1, 0.15) is 0 Å². The van der Waals surface area contributed by atoms with Crippen molar-refractivity contribution in [3.8, 4) is 45.0 Å². The van der Waals surface area contributed by atoms with Gasteiger partial charge in [-0.3, -0.25) is 9.97 Å². The number of hydrogen-bond donors (Lipinski definition) is 0. The molecule has 10 aromatic rings. The molecule has 0 saturated heterocycles. The average Bonchev–Trinajstić information content (AvgIpc) is 3.19. The van der Waals surface area contributed by atoms with Crippen LogP contribution >= 0.6 is 0 Å². The molecule has 0 radical (unpaired) electrons. The zero-order valence-corrected chi connectivity index (χ0v) is 27.0. The van der Waals surface area contributed by atoms with Crippen molar-refractivity contribution in [3.05, 3.63) is 170 Å². The lowest BCUT2D eigenvalue weighted by molar-refractivity contribution is 1.18. The zero-order chi connectivity index (χ0) is 33.0. The monoisotopic (exact) mass is 636 g/mol. The summed E-state index contributed by atoms with van der Waals surface area (Å²) in [6.45, 7) is 0. The van der Waals surface area contributed by atoms with Crippen LogP contribution in [0.5, 0.6) is 0 Å². The first kappa shape index (κ1) is 28.3. The van der Waals surface area contributed by atoms with Crippen LogP contribution in [0.2, 0.25) is 0 Å². The predicted molar refractivity (Wildman–Crippen MR) is 207 cm³/mol. The molecule has 0 amide bonds. The second kappa shape index (κ2) is 11.4. The molecular weight excluding hydrogens is 609 g/mol. The fourth-order valence-corrected chi connectivity index (χ4v) is 7.54. The first-order chi connectivity index (χ1) is 24.8. The third-order valence-electron chi connectivity index (χ3n) is 9.81. The maximum atomic E-state index is 5.24. The molecule has 0 bridgehead atoms. The van der Waals surface area contributed by atoms with Gasteiger partial charge in [-0.15, -0.1) is 0 Å². The largest absolute Gasteiger partial charge is 0.264 e. The second-order valence-electron chi connectivity index (χ2n) is 12.7. The zero-order valence-electron chi connectivity index (χ0n) is 27.0. The van der Waals surface area contributed by atoms with Crippen molar-refractivity contribution in [2.75, 3.05) is 0 Å². The van der Waals surface area contributed by atoms with E-state index in [1.165, 1.54) is 43.4 Å². The molecule has 4 heteroatoms. The summed E-state index contributed by atoms with van der Waals surface area (Å²) in [6, 6.07) is 51.9. The van der Waals surface area contributed by atoms with E-state index in [0.29, 0.717) is 5.82 Å². The fraction of sp³-hybridized carbons (Fsp3) is 0. The van der Waals surface area contributed by atoms with Gasteiger partial charge in [0.05, 0.1) is 11.4 Å². The highest BCUT2D eigenvalue weighted by Crippen LogP contribution is 2.46. The van der Waals surface area contributed by atoms with Crippen LogP contribution in [0.15, 0.2) is 170 Å². The lowest BCUT2D eigenvalue weighted by Crippen LogP contribution is -1.99. The van der Waals surface area contributed by atoms with Crippen molar-refractivity contribution in [1.29, 1.82) is 0 Å². The molecule has 3 heterocycles. The minimum atomic E-state index is 0.667. The molecule has 0 spiro atoms. The number of pyridine rings is 2. The van der Waals surface area contributed by atoms with E-state index in [1.807, 2.05) is 42.7 Å². The normalized spacial score (nSPS) is 11.6. The third-order valence-corrected chi connectivity index (χ3v) is 9.81. The van der Waals surface area contributed by atoms with Crippen molar-refractivity contribution >= 4 is 53.9 Å². The third kappa shape index (κ3) is 4.54. The number of nitrogens with zero attached hydrogens (tertiary/aromatic N) is 4. The average molecular weight is 637 g/mol. The highest BCUT2D eigenvalue weighted by Gasteiger charge is 2.21. The maximum absolute atomic E-state index is 5.24. The molecular formula is C46H28N4. The molecule has 7 aromatic carbocycles. The number of fused-ring (bicyclic) bond motifs is 6. The molecule has 0 fully saturated rings. The minimum Gasteiger partial charge on any atom is -0.264 e. The lowest BCUT2D eigenvalue weighted by Gasteiger charge is -2.19. The number of benzene rings is 7. The molecule has 0 unspecified atom stereocenters. The van der Waals surface area contributed by atoms with Gasteiger partial charge in [0.15, 0.2) is 5.82 Å². The Kier molecular flexibility index (Phi) is 6.46. The molecule has 0 saturated carbocycles. The Hall–Kier alpha value is -6.78. The van der Waals surface area contributed by atoms with Crippen molar-refractivity contribution in [2.24, 2.45) is 0 Å². The van der Waals surface area contributed by atoms with Crippen molar-refractivity contribution in [3.63, 3.8) is 0 Å². The van der Waals surface area contributed by atoms with Crippen LogP contribution in [0.25, 0.3) is 98.9 Å². The van der Waals surface area contributed by atoms with Crippen molar-refractivity contribution < 1.29 is 0 Å². The number of hydrogen-bond acceptors (Lipinski definition) is 4. The molecule has 4 nitrogen and oxygen atoms in total. The number of rotatable bonds is 4. The minimum absolute atomic E-state index is 0.667. The Labute approximate surface area is 288 Å². The predicted octanol–water partition coefficient (Wildman–Crippen LogP) is 11.7. The van der Waals surface area contributed by atoms with Gasteiger partial charge in [0.2, 0.25) is 0 Å². The summed E-state index contributed by atoms with van der Waals surface area (Å²) in [5.41, 5.74) is 6.91. The Bertz CT molecular complexity index is 2800. The fourth-order valence-electron chi connectivity index (χ4n) is 7.54. The SMILES string of the molecule is c1cncc(-c2cc(-c3cccnc3)nc(-c3c4ccccc4c(-c4cccc5c4ccc4cc6ccccc6cc45)c4ccccc34)n2)c1. The molecule has 0 N–H and O–H groups in total. The van der Waals surface area contributed by atoms with Crippen molar-refractivity contribution in [2.45, 2.75) is 0 Å². The van der Waals surface area contributed by atoms with Crippen molar-refractivity contribution in [1.82, 2.24) is 19.9 Å². The van der Waals surface area contributed by atoms with E-state index in [0.717, 1.165) is 49.6 Å². The second-order valence-corrected chi connectivity index (χ2v) is 12.7. The van der Waals surface area contributed by atoms with Gasteiger partial charge in [-0.1, -0.05) is 103 Å². The van der Waals surface area contributed by atoms with Gasteiger partial charge >= 0.3 is 0 Å². The summed E-state index contributed by atoms with van der Waals surface area (Å²) in [7, 11) is 0. The number of aromatic nitrogens is 4. The Morgan fingerprint density at radius 3 is 1.50 bits per heavy atom. The van der Waals surface area contributed by atoms with Gasteiger partial charge in [0, 0.05) is 41.5 Å². The first-order valence-electron chi connectivity index (χ1n) is 16.8. The van der Waals surface area contributed by atoms with Crippen LogP contribution in [-0.4, -0.2) is 19.9 Å². The van der Waals surface area contributed by atoms with Crippen LogP contribution in [0, 0.1) is 0 Å². The van der Waals surface area contributed by atoms with E-state index in [1.54, 1.807) is 12.4 Å². The van der Waals surface area contributed by atoms with Gasteiger partial charge < -0.3 is 0 Å². The Morgan fingerprint density at radius 1 is 0.340 bits per heavy atom. The first-order valence-corrected chi connectivity index (χ1v) is 16.8. The quantitative estimate of drug-likeness (QED) is 0.142. The van der Waals surface area contributed by atoms with Crippen LogP contribution in [0.3, 0.4) is 0 Å². The standard InChI is InChI=1S/C46H28N4/c1-2-11-30-25-41-31(24-29(30)10-1)20-21-35-34(41)18-7-19-36(35)44-37-14-3-5-16-39(37)45(40-17-6-4-15-38(40)44)46-49-42(32-12-8-22-47-27-32)26-43(50-46)33-13-9-23-48-28-33/h1-28H. The molecule has 3 aromatic heterocycles. The van der Waals surface area contributed by atoms with Crippen LogP contribution in [-0.2, 0) is 0 Å². The molecule has 0 atom stereocenters. The molecule has 0 aliphatic heterocycles. The smallest absolute Gasteiger partial charge is 0.161 e. The van der Waals surface area contributed by atoms with E-state index in [2.05, 4.69) is 125 Å². The maximum Gasteiger partial charge on any atom is 0.161 e. The Morgan fingerprint density at radius 2 is 0.900 bits per heavy atom. The summed E-state index contributed by atoms with van der Waals surface area (Å²) >= 11 is 0. The van der Waals surface area contributed by atoms with Gasteiger partial charge in [-0.25, -0.2) is 9.97 Å². The summed E-state index contributed by atoms with van der Waals surface area (Å²) in [6.07, 6.45) is 7.27. The Balaban J connectivity index is 1.28. The van der Waals surface area contributed by atoms with Crippen LogP contribution in [0.1, 0.15) is 0 Å². The molecule has 232 valence electrons. The summed E-state index contributed by atoms with van der Waals surface area (Å²) < 4.78 is 0. The molecule has 10 rings (SSSR count). The topological polar surface area (TPSA) is 51.6 Å². The molecule has 0 aliphatic rings. The summed E-state index contributed by atoms with van der Waals surface area (Å²) in [5, 5.41) is 12.0. The van der Waals surface area contributed by atoms with Gasteiger partial charge in [-0.05, 0) is 107 Å². The van der Waals surface area contributed by atoms with Gasteiger partial charge in [0.25, 0.3) is 0 Å². The molecule has 50 heavy (non-hydrogen) atoms.